The number of hydrogen-bond donors (Lipinski definition) is 2. The van der Waals surface area contributed by atoms with Crippen LogP contribution in [0.3, 0.4) is 0 Å². The van der Waals surface area contributed by atoms with E-state index >= 15 is 0 Å². The summed E-state index contributed by atoms with van der Waals surface area (Å²) in [6.45, 7) is 0.514. The van der Waals surface area contributed by atoms with Crippen LogP contribution >= 0.6 is 0 Å². The molecule has 5 aromatic rings. The molecular weight excluding hydrogens is 610 g/mol. The first kappa shape index (κ1) is 29.6. The summed E-state index contributed by atoms with van der Waals surface area (Å²) in [6.07, 6.45) is 10.6. The Labute approximate surface area is 274 Å². The van der Waals surface area contributed by atoms with Gasteiger partial charge in [-0.3, -0.25) is 4.79 Å². The third-order valence-electron chi connectivity index (χ3n) is 9.14. The highest BCUT2D eigenvalue weighted by Gasteiger charge is 2.31. The molecule has 240 valence electrons. The van der Waals surface area contributed by atoms with Gasteiger partial charge in [-0.05, 0) is 73.0 Å². The van der Waals surface area contributed by atoms with E-state index in [1.807, 2.05) is 60.9 Å². The highest BCUT2D eigenvalue weighted by Crippen LogP contribution is 2.39. The Morgan fingerprint density at radius 3 is 2.50 bits per heavy atom. The van der Waals surface area contributed by atoms with Gasteiger partial charge >= 0.3 is 0 Å². The first-order valence-corrected chi connectivity index (χ1v) is 16.1. The molecule has 48 heavy (non-hydrogen) atoms. The number of nitrogens with zero attached hydrogens (tertiary/aromatic N) is 6. The van der Waals surface area contributed by atoms with Crippen LogP contribution < -0.4 is 16.2 Å². The molecule has 1 saturated carbocycles. The standard InChI is InChI=1S/C37H32F2N8O/c38-27-8-1-3-12-31(27)47-37(48)26-23-45(32-13-4-2-10-29(32)43-36-28(39)9-6-19-40-36)33-14-5-11-30(34(33)35(26)44-47)41-22-24-15-17-25(18-16-24)46-21-7-20-42-46/h1,3,5-9,11-12,14-21,23,29,32,41H,2,4,10,13,22H2,(H,40,43). The molecular formula is C37H32F2N8O. The van der Waals surface area contributed by atoms with Crippen LogP contribution in [0.4, 0.5) is 20.3 Å². The average Bonchev–Trinajstić information content (AvgIpc) is 3.77. The van der Waals surface area contributed by atoms with Crippen molar-refractivity contribution in [3.63, 3.8) is 0 Å². The third kappa shape index (κ3) is 5.36. The average molecular weight is 643 g/mol. The third-order valence-corrected chi connectivity index (χ3v) is 9.14. The van der Waals surface area contributed by atoms with Crippen LogP contribution in [-0.2, 0) is 6.54 Å². The number of halogens is 2. The molecule has 0 radical (unpaired) electrons. The largest absolute Gasteiger partial charge is 0.380 e. The fourth-order valence-electron chi connectivity index (χ4n) is 6.80. The minimum atomic E-state index is -0.537. The number of pyridine rings is 2. The van der Waals surface area contributed by atoms with Crippen LogP contribution in [0.2, 0.25) is 0 Å². The maximum absolute atomic E-state index is 15.0. The van der Waals surface area contributed by atoms with Gasteiger partial charge in [0.1, 0.15) is 17.2 Å². The molecule has 3 aliphatic rings. The van der Waals surface area contributed by atoms with Gasteiger partial charge in [0.2, 0.25) is 0 Å². The highest BCUT2D eigenvalue weighted by molar-refractivity contribution is 6.02. The maximum Gasteiger partial charge on any atom is 0.282 e. The Morgan fingerprint density at radius 2 is 1.69 bits per heavy atom. The molecule has 0 amide bonds. The summed E-state index contributed by atoms with van der Waals surface area (Å²) in [6, 6.07) is 24.8. The van der Waals surface area contributed by atoms with Crippen molar-refractivity contribution < 1.29 is 8.78 Å². The molecule has 11 heteroatoms. The lowest BCUT2D eigenvalue weighted by Crippen LogP contribution is -2.35. The van der Waals surface area contributed by atoms with E-state index in [1.165, 1.54) is 12.1 Å². The Kier molecular flexibility index (Phi) is 7.64. The molecule has 2 unspecified atom stereocenters. The molecule has 1 aliphatic carbocycles. The van der Waals surface area contributed by atoms with E-state index in [-0.39, 0.29) is 23.6 Å². The van der Waals surface area contributed by atoms with Crippen LogP contribution in [-0.4, -0.2) is 35.2 Å². The SMILES string of the molecule is O=c1c2cn(C3CCCCC3Nc3ncccc3F)c3cccc(NCc4ccc(-n5cccn5)cc4)c3c-2nn1-c1ccccc1F. The van der Waals surface area contributed by atoms with E-state index in [9.17, 15) is 13.6 Å². The van der Waals surface area contributed by atoms with Gasteiger partial charge in [-0.1, -0.05) is 43.2 Å². The second kappa shape index (κ2) is 12.4. The van der Waals surface area contributed by atoms with Crippen molar-refractivity contribution in [3.8, 4) is 22.6 Å². The number of fused-ring (bicyclic) bond motifs is 3. The summed E-state index contributed by atoms with van der Waals surface area (Å²) in [5, 5.41) is 16.7. The van der Waals surface area contributed by atoms with Crippen molar-refractivity contribution in [1.82, 2.24) is 29.1 Å². The number of hydrogen-bond acceptors (Lipinski definition) is 6. The summed E-state index contributed by atoms with van der Waals surface area (Å²) in [4.78, 5) is 18.3. The summed E-state index contributed by atoms with van der Waals surface area (Å²) in [5.74, 6) is -0.743. The molecule has 2 aromatic heterocycles. The van der Waals surface area contributed by atoms with Crippen LogP contribution in [0.5, 0.6) is 0 Å². The quantitative estimate of drug-likeness (QED) is 0.180. The van der Waals surface area contributed by atoms with Crippen LogP contribution in [0.1, 0.15) is 37.3 Å². The molecule has 8 rings (SSSR count). The van der Waals surface area contributed by atoms with E-state index < -0.39 is 17.2 Å². The Balaban J connectivity index is 1.25. The van der Waals surface area contributed by atoms with Gasteiger partial charge in [0.15, 0.2) is 11.6 Å². The second-order valence-electron chi connectivity index (χ2n) is 12.1. The maximum atomic E-state index is 15.0. The van der Waals surface area contributed by atoms with Gasteiger partial charge in [-0.2, -0.15) is 14.9 Å². The van der Waals surface area contributed by atoms with Crippen molar-refractivity contribution in [3.05, 3.63) is 137 Å². The van der Waals surface area contributed by atoms with E-state index in [4.69, 9.17) is 5.10 Å². The van der Waals surface area contributed by atoms with E-state index in [1.54, 1.807) is 41.3 Å². The van der Waals surface area contributed by atoms with Gasteiger partial charge in [0.25, 0.3) is 5.56 Å². The van der Waals surface area contributed by atoms with Crippen molar-refractivity contribution in [2.45, 2.75) is 44.3 Å². The number of aromatic nitrogens is 6. The first-order valence-electron chi connectivity index (χ1n) is 16.1. The van der Waals surface area contributed by atoms with Crippen molar-refractivity contribution in [2.75, 3.05) is 10.6 Å². The van der Waals surface area contributed by atoms with Crippen LogP contribution in [0.25, 0.3) is 33.5 Å². The second-order valence-corrected chi connectivity index (χ2v) is 12.1. The highest BCUT2D eigenvalue weighted by atomic mass is 19.1. The molecule has 4 heterocycles. The molecule has 0 saturated heterocycles. The van der Waals surface area contributed by atoms with Gasteiger partial charge < -0.3 is 15.2 Å². The first-order chi connectivity index (χ1) is 23.5. The zero-order valence-electron chi connectivity index (χ0n) is 25.9. The summed E-state index contributed by atoms with van der Waals surface area (Å²) in [5.41, 5.74) is 4.18. The minimum absolute atomic E-state index is 0.0870. The predicted octanol–water partition coefficient (Wildman–Crippen LogP) is 7.36. The van der Waals surface area contributed by atoms with Gasteiger partial charge in [-0.25, -0.2) is 18.4 Å². The Morgan fingerprint density at radius 1 is 0.854 bits per heavy atom. The molecule has 2 N–H and O–H groups in total. The zero-order valence-corrected chi connectivity index (χ0v) is 25.9. The van der Waals surface area contributed by atoms with Crippen LogP contribution in [0, 0.1) is 11.6 Å². The van der Waals surface area contributed by atoms with E-state index in [0.717, 1.165) is 58.2 Å². The topological polar surface area (TPSA) is 94.6 Å². The molecule has 9 nitrogen and oxygen atoms in total. The molecule has 3 aromatic carbocycles. The van der Waals surface area contributed by atoms with E-state index in [2.05, 4.69) is 25.3 Å². The number of nitrogens with one attached hydrogen (secondary N) is 2. The smallest absolute Gasteiger partial charge is 0.282 e. The lowest BCUT2D eigenvalue weighted by atomic mass is 9.89. The zero-order chi connectivity index (χ0) is 32.6. The monoisotopic (exact) mass is 642 g/mol. The lowest BCUT2D eigenvalue weighted by molar-refractivity contribution is 0.327. The normalized spacial score (nSPS) is 16.4. The predicted molar refractivity (Wildman–Crippen MR) is 182 cm³/mol. The lowest BCUT2D eigenvalue weighted by Gasteiger charge is -2.35. The number of rotatable bonds is 8. The molecule has 2 aliphatic heterocycles. The fourth-order valence-corrected chi connectivity index (χ4v) is 6.80. The van der Waals surface area contributed by atoms with Crippen molar-refractivity contribution >= 4 is 22.4 Å². The van der Waals surface area contributed by atoms with Crippen LogP contribution in [0.15, 0.2) is 115 Å². The molecule has 0 bridgehead atoms. The summed E-state index contributed by atoms with van der Waals surface area (Å²) in [7, 11) is 0. The number of anilines is 2. The van der Waals surface area contributed by atoms with Gasteiger partial charge in [-0.15, -0.1) is 0 Å². The molecule has 2 atom stereocenters. The summed E-state index contributed by atoms with van der Waals surface area (Å²) >= 11 is 0. The Bertz CT molecular complexity index is 2240. The molecule has 0 spiro atoms. The fraction of sp³-hybridized carbons (Fsp3) is 0.189. The van der Waals surface area contributed by atoms with Gasteiger partial charge in [0, 0.05) is 48.4 Å². The number of para-hydroxylation sites is 1. The number of benzene rings is 3. The Hall–Kier alpha value is -5.84. The van der Waals surface area contributed by atoms with Gasteiger partial charge in [0.05, 0.1) is 22.8 Å². The summed E-state index contributed by atoms with van der Waals surface area (Å²) < 4.78 is 34.8. The van der Waals surface area contributed by atoms with Crippen molar-refractivity contribution in [1.29, 1.82) is 0 Å². The van der Waals surface area contributed by atoms with Crippen molar-refractivity contribution in [2.24, 2.45) is 0 Å². The van der Waals surface area contributed by atoms with E-state index in [0.29, 0.717) is 17.8 Å². The molecule has 1 fully saturated rings. The minimum Gasteiger partial charge on any atom is -0.380 e.